The molecule has 0 unspecified atom stereocenters. The van der Waals surface area contributed by atoms with E-state index in [1.807, 2.05) is 12.1 Å². The van der Waals surface area contributed by atoms with Crippen LogP contribution in [0.15, 0.2) is 64.6 Å². The number of aromatic carboxylic acids is 1. The number of amides is 2. The molecule has 1 aliphatic heterocycles. The van der Waals surface area contributed by atoms with Crippen LogP contribution < -0.4 is 10.2 Å². The van der Waals surface area contributed by atoms with E-state index >= 15 is 0 Å². The Morgan fingerprint density at radius 2 is 1.79 bits per heavy atom. The third-order valence-electron chi connectivity index (χ3n) is 5.57. The van der Waals surface area contributed by atoms with E-state index in [-0.39, 0.29) is 16.2 Å². The van der Waals surface area contributed by atoms with Crippen LogP contribution >= 0.6 is 12.2 Å². The Bertz CT molecular complexity index is 1350. The SMILES string of the molecule is Cc1cc(C(=O)O)ccc1-c1ccc(/C=C2\C(=O)NC(=S)N(c3ccc(C(C)C)cc3)C2=O)o1. The topological polar surface area (TPSA) is 99.8 Å². The smallest absolute Gasteiger partial charge is 0.335 e. The summed E-state index contributed by atoms with van der Waals surface area (Å²) in [7, 11) is 0. The predicted molar refractivity (Wildman–Crippen MR) is 133 cm³/mol. The molecule has 0 saturated carbocycles. The van der Waals surface area contributed by atoms with Crippen LogP contribution in [0.4, 0.5) is 5.69 Å². The number of benzene rings is 2. The minimum atomic E-state index is -1.01. The molecule has 0 radical (unpaired) electrons. The number of carboxylic acid groups (broad SMARTS) is 1. The van der Waals surface area contributed by atoms with Crippen molar-refractivity contribution >= 4 is 46.9 Å². The number of anilines is 1. The number of nitrogens with zero attached hydrogens (tertiary/aromatic N) is 1. The number of thiocarbonyl (C=S) groups is 1. The molecule has 1 aliphatic rings. The Kier molecular flexibility index (Phi) is 6.17. The number of carbonyl (C=O) groups excluding carboxylic acids is 2. The van der Waals surface area contributed by atoms with Crippen molar-refractivity contribution in [2.24, 2.45) is 0 Å². The van der Waals surface area contributed by atoms with Crippen molar-refractivity contribution in [3.05, 3.63) is 82.6 Å². The summed E-state index contributed by atoms with van der Waals surface area (Å²) in [6.45, 7) is 5.93. The van der Waals surface area contributed by atoms with E-state index in [1.54, 1.807) is 43.3 Å². The highest BCUT2D eigenvalue weighted by molar-refractivity contribution is 7.80. The van der Waals surface area contributed by atoms with Crippen molar-refractivity contribution in [3.63, 3.8) is 0 Å². The molecule has 2 aromatic carbocycles. The first-order valence-electron chi connectivity index (χ1n) is 10.6. The van der Waals surface area contributed by atoms with Crippen LogP contribution in [0.2, 0.25) is 0 Å². The Labute approximate surface area is 201 Å². The van der Waals surface area contributed by atoms with Crippen molar-refractivity contribution < 1.29 is 23.9 Å². The lowest BCUT2D eigenvalue weighted by Crippen LogP contribution is -2.54. The summed E-state index contributed by atoms with van der Waals surface area (Å²) >= 11 is 5.26. The molecule has 0 aliphatic carbocycles. The van der Waals surface area contributed by atoms with E-state index in [0.717, 1.165) is 11.1 Å². The standard InChI is InChI=1S/C26H22N2O5S/c1-14(2)16-4-7-18(8-5-16)28-24(30)21(23(29)27-26(28)34)13-19-9-11-22(33-19)20-10-6-17(25(31)32)12-15(20)3/h4-14H,1-3H3,(H,31,32)(H,27,29,34)/b21-13+. The lowest BCUT2D eigenvalue weighted by atomic mass is 10.0. The third-order valence-corrected chi connectivity index (χ3v) is 5.86. The van der Waals surface area contributed by atoms with E-state index in [1.165, 1.54) is 17.0 Å². The van der Waals surface area contributed by atoms with E-state index in [0.29, 0.717) is 28.7 Å². The zero-order chi connectivity index (χ0) is 24.6. The van der Waals surface area contributed by atoms with Crippen molar-refractivity contribution in [2.45, 2.75) is 26.7 Å². The van der Waals surface area contributed by atoms with E-state index in [9.17, 15) is 14.4 Å². The molecule has 1 saturated heterocycles. The lowest BCUT2D eigenvalue weighted by molar-refractivity contribution is -0.122. The average molecular weight is 475 g/mol. The molecular weight excluding hydrogens is 452 g/mol. The number of nitrogens with one attached hydrogen (secondary N) is 1. The molecule has 172 valence electrons. The summed E-state index contributed by atoms with van der Waals surface area (Å²) in [6.07, 6.45) is 1.37. The van der Waals surface area contributed by atoms with Gasteiger partial charge in [-0.3, -0.25) is 19.8 Å². The number of rotatable bonds is 5. The van der Waals surface area contributed by atoms with Crippen LogP contribution in [0.25, 0.3) is 17.4 Å². The number of carboxylic acids is 1. The largest absolute Gasteiger partial charge is 0.478 e. The van der Waals surface area contributed by atoms with Gasteiger partial charge in [0.05, 0.1) is 11.3 Å². The normalized spacial score (nSPS) is 15.2. The minimum absolute atomic E-state index is 0.0127. The summed E-state index contributed by atoms with van der Waals surface area (Å²) in [5, 5.41) is 11.7. The van der Waals surface area contributed by atoms with Gasteiger partial charge < -0.3 is 9.52 Å². The monoisotopic (exact) mass is 474 g/mol. The summed E-state index contributed by atoms with van der Waals surface area (Å²) in [6, 6.07) is 15.5. The Morgan fingerprint density at radius 3 is 2.41 bits per heavy atom. The number of furan rings is 1. The van der Waals surface area contributed by atoms with Gasteiger partial charge >= 0.3 is 5.97 Å². The van der Waals surface area contributed by atoms with Crippen LogP contribution in [-0.2, 0) is 9.59 Å². The van der Waals surface area contributed by atoms with Gasteiger partial charge in [-0.2, -0.15) is 0 Å². The second kappa shape index (κ2) is 9.07. The highest BCUT2D eigenvalue weighted by Gasteiger charge is 2.34. The van der Waals surface area contributed by atoms with Crippen molar-refractivity contribution in [1.82, 2.24) is 5.32 Å². The van der Waals surface area contributed by atoms with Gasteiger partial charge in [-0.25, -0.2) is 4.79 Å². The first kappa shape index (κ1) is 23.1. The summed E-state index contributed by atoms with van der Waals surface area (Å²) < 4.78 is 5.85. The minimum Gasteiger partial charge on any atom is -0.478 e. The molecule has 2 N–H and O–H groups in total. The number of hydrogen-bond acceptors (Lipinski definition) is 5. The van der Waals surface area contributed by atoms with Crippen LogP contribution in [-0.4, -0.2) is 28.0 Å². The van der Waals surface area contributed by atoms with Crippen LogP contribution in [0.3, 0.4) is 0 Å². The highest BCUT2D eigenvalue weighted by Crippen LogP contribution is 2.29. The van der Waals surface area contributed by atoms with Crippen molar-refractivity contribution in [2.75, 3.05) is 4.90 Å². The number of carbonyl (C=O) groups is 3. The summed E-state index contributed by atoms with van der Waals surface area (Å²) in [5.41, 5.74) is 3.18. The molecule has 34 heavy (non-hydrogen) atoms. The van der Waals surface area contributed by atoms with E-state index in [2.05, 4.69) is 19.2 Å². The lowest BCUT2D eigenvalue weighted by Gasteiger charge is -2.29. The molecule has 1 aromatic heterocycles. The fraction of sp³-hybridized carbons (Fsp3) is 0.154. The molecule has 1 fully saturated rings. The van der Waals surface area contributed by atoms with Gasteiger partial charge in [-0.1, -0.05) is 32.0 Å². The third kappa shape index (κ3) is 4.40. The maximum absolute atomic E-state index is 13.2. The quantitative estimate of drug-likeness (QED) is 0.310. The molecular formula is C26H22N2O5S. The fourth-order valence-electron chi connectivity index (χ4n) is 3.69. The van der Waals surface area contributed by atoms with Crippen LogP contribution in [0.5, 0.6) is 0 Å². The molecule has 0 atom stereocenters. The van der Waals surface area contributed by atoms with Gasteiger partial charge in [-0.05, 0) is 78.7 Å². The maximum atomic E-state index is 13.2. The van der Waals surface area contributed by atoms with E-state index in [4.69, 9.17) is 21.7 Å². The Hall–Kier alpha value is -4.04. The van der Waals surface area contributed by atoms with Gasteiger partial charge in [0.2, 0.25) is 0 Å². The predicted octanol–water partition coefficient (Wildman–Crippen LogP) is 4.91. The number of hydrogen-bond donors (Lipinski definition) is 2. The van der Waals surface area contributed by atoms with Gasteiger partial charge in [0.1, 0.15) is 17.1 Å². The van der Waals surface area contributed by atoms with E-state index < -0.39 is 17.8 Å². The second-order valence-corrected chi connectivity index (χ2v) is 8.63. The first-order chi connectivity index (χ1) is 16.2. The summed E-state index contributed by atoms with van der Waals surface area (Å²) in [4.78, 5) is 38.2. The zero-order valence-corrected chi connectivity index (χ0v) is 19.6. The molecule has 3 aromatic rings. The van der Waals surface area contributed by atoms with Crippen molar-refractivity contribution in [1.29, 1.82) is 0 Å². The molecule has 2 amide bonds. The summed E-state index contributed by atoms with van der Waals surface area (Å²) in [5.74, 6) is -1.04. The van der Waals surface area contributed by atoms with Crippen molar-refractivity contribution in [3.8, 4) is 11.3 Å². The van der Waals surface area contributed by atoms with Gasteiger partial charge in [-0.15, -0.1) is 0 Å². The van der Waals surface area contributed by atoms with Crippen LogP contribution in [0, 0.1) is 6.92 Å². The average Bonchev–Trinajstić information content (AvgIpc) is 3.25. The first-order valence-corrected chi connectivity index (χ1v) is 11.0. The molecule has 4 rings (SSSR count). The molecule has 2 heterocycles. The fourth-order valence-corrected chi connectivity index (χ4v) is 3.97. The molecule has 8 heteroatoms. The van der Waals surface area contributed by atoms with Gasteiger partial charge in [0.25, 0.3) is 11.8 Å². The zero-order valence-electron chi connectivity index (χ0n) is 18.8. The number of aryl methyl sites for hydroxylation is 1. The highest BCUT2D eigenvalue weighted by atomic mass is 32.1. The van der Waals surface area contributed by atoms with Gasteiger partial charge in [0, 0.05) is 5.56 Å². The maximum Gasteiger partial charge on any atom is 0.335 e. The van der Waals surface area contributed by atoms with Crippen LogP contribution in [0.1, 0.15) is 47.0 Å². The Balaban J connectivity index is 1.64. The second-order valence-electron chi connectivity index (χ2n) is 8.24. The molecule has 0 bridgehead atoms. The van der Waals surface area contributed by atoms with Gasteiger partial charge in [0.15, 0.2) is 5.11 Å². The molecule has 7 nitrogen and oxygen atoms in total. The molecule has 0 spiro atoms. The Morgan fingerprint density at radius 1 is 1.09 bits per heavy atom.